The van der Waals surface area contributed by atoms with Crippen molar-refractivity contribution < 1.29 is 32.8 Å². The standard InChI is InChI=1S/C28H45IN4O8S/c1-16(2)10-20(8-9-42(7,40)41)30-27(36)23(12-18(5)6)32-28(37)22(11-17(3)4)31-25(34)15-19-13-21(29)26(35)24(14-19)33(38)39/h13-14,16-18,20,22-23,35H,8-12,15H2,1-7H3,(H,30,36)(H,31,34)(H,32,37)/t20?,22-,23-/m0/s1. The van der Waals surface area contributed by atoms with Crippen LogP contribution in [0, 0.1) is 31.4 Å². The van der Waals surface area contributed by atoms with Gasteiger partial charge in [0.2, 0.25) is 23.5 Å². The third kappa shape index (κ3) is 14.1. The molecule has 0 fully saturated rings. The molecule has 0 radical (unpaired) electrons. The van der Waals surface area contributed by atoms with E-state index in [2.05, 4.69) is 16.0 Å². The fraction of sp³-hybridized carbons (Fsp3) is 0.679. The van der Waals surface area contributed by atoms with E-state index in [-0.39, 0.29) is 52.4 Å². The van der Waals surface area contributed by atoms with E-state index in [0.29, 0.717) is 18.4 Å². The Bertz CT molecular complexity index is 1220. The lowest BCUT2D eigenvalue weighted by Gasteiger charge is -2.27. The number of rotatable bonds is 17. The van der Waals surface area contributed by atoms with Crippen LogP contribution in [0.2, 0.25) is 0 Å². The first-order valence-electron chi connectivity index (χ1n) is 14.0. The predicted octanol–water partition coefficient (Wildman–Crippen LogP) is 3.47. The van der Waals surface area contributed by atoms with Crippen LogP contribution < -0.4 is 16.0 Å². The highest BCUT2D eigenvalue weighted by Gasteiger charge is 2.30. The van der Waals surface area contributed by atoms with E-state index in [1.54, 1.807) is 22.6 Å². The minimum Gasteiger partial charge on any atom is -0.501 e. The van der Waals surface area contributed by atoms with Gasteiger partial charge in [0.1, 0.15) is 21.9 Å². The molecule has 0 aromatic heterocycles. The molecule has 4 N–H and O–H groups in total. The molecule has 3 amide bonds. The lowest BCUT2D eigenvalue weighted by molar-refractivity contribution is -0.386. The van der Waals surface area contributed by atoms with Crippen molar-refractivity contribution >= 4 is 55.8 Å². The molecule has 1 rings (SSSR count). The summed E-state index contributed by atoms with van der Waals surface area (Å²) < 4.78 is 23.7. The SMILES string of the molecule is CC(C)CC(CCS(C)(=O)=O)NC(=O)[C@H](CC(C)C)NC(=O)[C@H](CC(C)C)NC(=O)Cc1cc(I)c(O)c([N+](=O)[O-])c1. The lowest BCUT2D eigenvalue weighted by Crippen LogP contribution is -2.55. The number of hydrogen-bond donors (Lipinski definition) is 4. The number of phenols is 1. The Morgan fingerprint density at radius 1 is 0.905 bits per heavy atom. The molecule has 0 aliphatic rings. The number of carbonyl (C=O) groups excluding carboxylic acids is 3. The largest absolute Gasteiger partial charge is 0.501 e. The number of sulfone groups is 1. The van der Waals surface area contributed by atoms with Gasteiger partial charge in [-0.15, -0.1) is 0 Å². The van der Waals surface area contributed by atoms with E-state index >= 15 is 0 Å². The molecule has 1 aromatic carbocycles. The number of amides is 3. The smallest absolute Gasteiger partial charge is 0.312 e. The second kappa shape index (κ2) is 17.0. The summed E-state index contributed by atoms with van der Waals surface area (Å²) in [4.78, 5) is 50.2. The van der Waals surface area contributed by atoms with E-state index in [1.807, 2.05) is 41.5 Å². The van der Waals surface area contributed by atoms with Crippen molar-refractivity contribution in [3.8, 4) is 5.75 Å². The van der Waals surface area contributed by atoms with Crippen molar-refractivity contribution in [1.82, 2.24) is 16.0 Å². The van der Waals surface area contributed by atoms with Gasteiger partial charge in [0.25, 0.3) is 0 Å². The summed E-state index contributed by atoms with van der Waals surface area (Å²) in [6, 6.07) is 0.318. The van der Waals surface area contributed by atoms with Crippen LogP contribution >= 0.6 is 22.6 Å². The van der Waals surface area contributed by atoms with E-state index in [1.165, 1.54) is 6.07 Å². The highest BCUT2D eigenvalue weighted by Crippen LogP contribution is 2.32. The maximum atomic E-state index is 13.4. The maximum Gasteiger partial charge on any atom is 0.312 e. The number of nitrogens with zero attached hydrogens (tertiary/aromatic N) is 1. The molecule has 0 aliphatic heterocycles. The topological polar surface area (TPSA) is 185 Å². The maximum absolute atomic E-state index is 13.4. The molecule has 0 spiro atoms. The van der Waals surface area contributed by atoms with E-state index < -0.39 is 56.0 Å². The van der Waals surface area contributed by atoms with Crippen molar-refractivity contribution in [3.05, 3.63) is 31.4 Å². The number of nitro groups is 1. The second-order valence-electron chi connectivity index (χ2n) is 12.1. The second-order valence-corrected chi connectivity index (χ2v) is 15.5. The lowest BCUT2D eigenvalue weighted by atomic mass is 9.98. The van der Waals surface area contributed by atoms with Gasteiger partial charge in [0.15, 0.2) is 0 Å². The molecule has 0 saturated heterocycles. The van der Waals surface area contributed by atoms with Crippen molar-refractivity contribution in [2.24, 2.45) is 17.8 Å². The summed E-state index contributed by atoms with van der Waals surface area (Å²) in [6.45, 7) is 11.5. The van der Waals surface area contributed by atoms with Crippen molar-refractivity contribution in [1.29, 1.82) is 0 Å². The Morgan fingerprint density at radius 2 is 1.40 bits per heavy atom. The number of hydrogen-bond acceptors (Lipinski definition) is 8. The Morgan fingerprint density at radius 3 is 1.88 bits per heavy atom. The van der Waals surface area contributed by atoms with Gasteiger partial charge in [-0.25, -0.2) is 8.42 Å². The summed E-state index contributed by atoms with van der Waals surface area (Å²) in [7, 11) is -3.22. The molecule has 12 nitrogen and oxygen atoms in total. The summed E-state index contributed by atoms with van der Waals surface area (Å²) >= 11 is 1.74. The predicted molar refractivity (Wildman–Crippen MR) is 170 cm³/mol. The van der Waals surface area contributed by atoms with Crippen LogP contribution in [-0.2, 0) is 30.6 Å². The van der Waals surface area contributed by atoms with Crippen LogP contribution in [0.15, 0.2) is 12.1 Å². The fourth-order valence-electron chi connectivity index (χ4n) is 4.47. The van der Waals surface area contributed by atoms with Gasteiger partial charge in [0, 0.05) is 18.4 Å². The van der Waals surface area contributed by atoms with E-state index in [9.17, 15) is 38.0 Å². The Balaban J connectivity index is 3.10. The summed E-state index contributed by atoms with van der Waals surface area (Å²) in [5, 5.41) is 29.6. The first-order chi connectivity index (χ1) is 19.3. The normalized spacial score (nSPS) is 14.0. The van der Waals surface area contributed by atoms with Crippen molar-refractivity contribution in [3.63, 3.8) is 0 Å². The molecule has 1 aromatic rings. The Labute approximate surface area is 262 Å². The van der Waals surface area contributed by atoms with E-state index in [0.717, 1.165) is 12.3 Å². The number of phenolic OH excluding ortho intramolecular Hbond substituents is 1. The first-order valence-corrected chi connectivity index (χ1v) is 17.2. The summed E-state index contributed by atoms with van der Waals surface area (Å²) in [6.07, 6.45) is 2.33. The monoisotopic (exact) mass is 724 g/mol. The number of nitrogens with one attached hydrogen (secondary N) is 3. The van der Waals surface area contributed by atoms with Crippen LogP contribution in [0.25, 0.3) is 0 Å². The number of carbonyl (C=O) groups is 3. The van der Waals surface area contributed by atoms with Crippen LogP contribution in [0.4, 0.5) is 5.69 Å². The third-order valence-corrected chi connectivity index (χ3v) is 8.10. The molecule has 0 aliphatic carbocycles. The van der Waals surface area contributed by atoms with Crippen LogP contribution in [0.3, 0.4) is 0 Å². The number of aromatic hydroxyl groups is 1. The van der Waals surface area contributed by atoms with Crippen molar-refractivity contribution in [2.45, 2.75) is 91.8 Å². The fourth-order valence-corrected chi connectivity index (χ4v) is 5.85. The van der Waals surface area contributed by atoms with E-state index in [4.69, 9.17) is 0 Å². The quantitative estimate of drug-likeness (QED) is 0.107. The average molecular weight is 725 g/mol. The molecular weight excluding hydrogens is 679 g/mol. The molecular formula is C28H45IN4O8S. The zero-order valence-corrected chi connectivity index (χ0v) is 28.4. The van der Waals surface area contributed by atoms with Gasteiger partial charge in [-0.2, -0.15) is 0 Å². The van der Waals surface area contributed by atoms with Gasteiger partial charge in [-0.05, 0) is 77.7 Å². The first kappa shape index (κ1) is 37.5. The van der Waals surface area contributed by atoms with Gasteiger partial charge in [-0.3, -0.25) is 24.5 Å². The average Bonchev–Trinajstić information content (AvgIpc) is 2.82. The van der Waals surface area contributed by atoms with Crippen LogP contribution in [0.1, 0.15) is 72.8 Å². The third-order valence-electron chi connectivity index (χ3n) is 6.30. The highest BCUT2D eigenvalue weighted by molar-refractivity contribution is 14.1. The van der Waals surface area contributed by atoms with Gasteiger partial charge >= 0.3 is 5.69 Å². The zero-order chi connectivity index (χ0) is 32.4. The molecule has 0 heterocycles. The number of halogens is 1. The van der Waals surface area contributed by atoms with Gasteiger partial charge in [-0.1, -0.05) is 41.5 Å². The number of benzene rings is 1. The number of nitro benzene ring substituents is 1. The Hall–Kier alpha value is -2.49. The van der Waals surface area contributed by atoms with Gasteiger partial charge in [0.05, 0.1) is 20.7 Å². The molecule has 3 atom stereocenters. The Kier molecular flexibility index (Phi) is 15.2. The molecule has 42 heavy (non-hydrogen) atoms. The summed E-state index contributed by atoms with van der Waals surface area (Å²) in [5.41, 5.74) is -0.219. The molecule has 0 saturated carbocycles. The van der Waals surface area contributed by atoms with Crippen molar-refractivity contribution in [2.75, 3.05) is 12.0 Å². The van der Waals surface area contributed by atoms with Crippen LogP contribution in [-0.4, -0.2) is 66.3 Å². The molecule has 238 valence electrons. The van der Waals surface area contributed by atoms with Crippen LogP contribution in [0.5, 0.6) is 5.75 Å². The minimum atomic E-state index is -3.22. The molecule has 1 unspecified atom stereocenters. The van der Waals surface area contributed by atoms with Gasteiger partial charge < -0.3 is 21.1 Å². The highest BCUT2D eigenvalue weighted by atomic mass is 127. The minimum absolute atomic E-state index is 0.0144. The molecule has 0 bridgehead atoms. The molecule has 14 heteroatoms. The zero-order valence-electron chi connectivity index (χ0n) is 25.4. The summed E-state index contributed by atoms with van der Waals surface area (Å²) in [5.74, 6) is -1.80.